The molecule has 3 fully saturated rings. The molecule has 86 valence electrons. The average Bonchev–Trinajstić information content (AvgIpc) is 2.74. The molecule has 3 saturated heterocycles. The molecular formula is C12H22N2S. The molecule has 3 atom stereocenters. The van der Waals surface area contributed by atoms with Crippen molar-refractivity contribution in [3.8, 4) is 0 Å². The predicted octanol–water partition coefficient (Wildman–Crippen LogP) is 1.57. The number of nitrogens with zero attached hydrogens (tertiary/aromatic N) is 1. The van der Waals surface area contributed by atoms with Gasteiger partial charge in [-0.05, 0) is 43.9 Å². The van der Waals surface area contributed by atoms with Crippen LogP contribution in [-0.4, -0.2) is 48.1 Å². The summed E-state index contributed by atoms with van der Waals surface area (Å²) < 4.78 is 0. The van der Waals surface area contributed by atoms with E-state index >= 15 is 0 Å². The number of piperidine rings is 1. The minimum Gasteiger partial charge on any atom is -0.312 e. The molecule has 0 aromatic carbocycles. The average molecular weight is 226 g/mol. The summed E-state index contributed by atoms with van der Waals surface area (Å²) in [6.07, 6.45) is 5.75. The number of fused-ring (bicyclic) bond motifs is 1. The van der Waals surface area contributed by atoms with Gasteiger partial charge in [-0.2, -0.15) is 11.8 Å². The number of hydrogen-bond acceptors (Lipinski definition) is 3. The molecule has 3 heterocycles. The Morgan fingerprint density at radius 2 is 2.13 bits per heavy atom. The summed E-state index contributed by atoms with van der Waals surface area (Å²) in [5.41, 5.74) is 0. The quantitative estimate of drug-likeness (QED) is 0.730. The normalized spacial score (nSPS) is 42.8. The standard InChI is InChI=1S/C12H22N2S/c1-3-10-7-14(8-12(10)13-5-1)11-4-2-6-15-9-11/h10-13H,1-9H2. The van der Waals surface area contributed by atoms with E-state index in [1.165, 1.54) is 56.8 Å². The highest BCUT2D eigenvalue weighted by Crippen LogP contribution is 2.30. The van der Waals surface area contributed by atoms with Crippen molar-refractivity contribution in [2.24, 2.45) is 5.92 Å². The fourth-order valence-electron chi connectivity index (χ4n) is 3.39. The second-order valence-corrected chi connectivity index (χ2v) is 6.44. The summed E-state index contributed by atoms with van der Waals surface area (Å²) in [5, 5.41) is 3.70. The number of thioether (sulfide) groups is 1. The Morgan fingerprint density at radius 3 is 2.93 bits per heavy atom. The molecule has 3 rings (SSSR count). The summed E-state index contributed by atoms with van der Waals surface area (Å²) in [7, 11) is 0. The van der Waals surface area contributed by atoms with Gasteiger partial charge in [0.2, 0.25) is 0 Å². The minimum atomic E-state index is 0.825. The van der Waals surface area contributed by atoms with Gasteiger partial charge < -0.3 is 5.32 Å². The number of likely N-dealkylation sites (tertiary alicyclic amines) is 1. The topological polar surface area (TPSA) is 15.3 Å². The van der Waals surface area contributed by atoms with Gasteiger partial charge in [0.15, 0.2) is 0 Å². The lowest BCUT2D eigenvalue weighted by Crippen LogP contribution is -2.42. The third-order valence-electron chi connectivity index (χ3n) is 4.28. The molecular weight excluding hydrogens is 204 g/mol. The SMILES string of the molecule is C1CNC2CN(C3CCCSC3)CC2C1. The van der Waals surface area contributed by atoms with Gasteiger partial charge in [0.25, 0.3) is 0 Å². The van der Waals surface area contributed by atoms with E-state index in [0.29, 0.717) is 0 Å². The molecule has 0 radical (unpaired) electrons. The van der Waals surface area contributed by atoms with Crippen molar-refractivity contribution in [2.45, 2.75) is 37.8 Å². The van der Waals surface area contributed by atoms with Gasteiger partial charge in [0, 0.05) is 30.9 Å². The molecule has 3 heteroatoms. The highest BCUT2D eigenvalue weighted by atomic mass is 32.2. The molecule has 0 aromatic heterocycles. The lowest BCUT2D eigenvalue weighted by Gasteiger charge is -2.30. The van der Waals surface area contributed by atoms with Crippen LogP contribution in [0.3, 0.4) is 0 Å². The maximum absolute atomic E-state index is 3.70. The first-order chi connectivity index (χ1) is 7.43. The van der Waals surface area contributed by atoms with Crippen LogP contribution in [0.1, 0.15) is 25.7 Å². The molecule has 2 nitrogen and oxygen atoms in total. The molecule has 0 aliphatic carbocycles. The smallest absolute Gasteiger partial charge is 0.0235 e. The lowest BCUT2D eigenvalue weighted by atomic mass is 9.94. The summed E-state index contributed by atoms with van der Waals surface area (Å²) in [5.74, 6) is 3.75. The molecule has 3 unspecified atom stereocenters. The third kappa shape index (κ3) is 2.20. The highest BCUT2D eigenvalue weighted by molar-refractivity contribution is 7.99. The number of nitrogens with one attached hydrogen (secondary N) is 1. The molecule has 15 heavy (non-hydrogen) atoms. The number of hydrogen-bond donors (Lipinski definition) is 1. The molecule has 0 aromatic rings. The van der Waals surface area contributed by atoms with Crippen molar-refractivity contribution in [1.82, 2.24) is 10.2 Å². The first kappa shape index (κ1) is 10.4. The zero-order valence-corrected chi connectivity index (χ0v) is 10.3. The van der Waals surface area contributed by atoms with Crippen LogP contribution >= 0.6 is 11.8 Å². The van der Waals surface area contributed by atoms with Crippen LogP contribution in [0.2, 0.25) is 0 Å². The van der Waals surface area contributed by atoms with E-state index in [1.807, 2.05) is 0 Å². The predicted molar refractivity (Wildman–Crippen MR) is 66.4 cm³/mol. The van der Waals surface area contributed by atoms with Crippen LogP contribution in [0, 0.1) is 5.92 Å². The first-order valence-electron chi connectivity index (χ1n) is 6.48. The van der Waals surface area contributed by atoms with Crippen LogP contribution in [0.25, 0.3) is 0 Å². The molecule has 0 saturated carbocycles. The Balaban J connectivity index is 1.59. The molecule has 3 aliphatic heterocycles. The lowest BCUT2D eigenvalue weighted by molar-refractivity contribution is 0.236. The fraction of sp³-hybridized carbons (Fsp3) is 1.00. The molecule has 3 aliphatic rings. The maximum Gasteiger partial charge on any atom is 0.0235 e. The Hall–Kier alpha value is 0.270. The van der Waals surface area contributed by atoms with Crippen LogP contribution in [-0.2, 0) is 0 Å². The van der Waals surface area contributed by atoms with Gasteiger partial charge in [0.05, 0.1) is 0 Å². The van der Waals surface area contributed by atoms with Crippen molar-refractivity contribution >= 4 is 11.8 Å². The summed E-state index contributed by atoms with van der Waals surface area (Å²) >= 11 is 2.16. The highest BCUT2D eigenvalue weighted by Gasteiger charge is 2.37. The monoisotopic (exact) mass is 226 g/mol. The van der Waals surface area contributed by atoms with E-state index in [-0.39, 0.29) is 0 Å². The fourth-order valence-corrected chi connectivity index (χ4v) is 4.58. The summed E-state index contributed by atoms with van der Waals surface area (Å²) in [6.45, 7) is 3.97. The van der Waals surface area contributed by atoms with Gasteiger partial charge in [-0.25, -0.2) is 0 Å². The van der Waals surface area contributed by atoms with Crippen molar-refractivity contribution in [3.05, 3.63) is 0 Å². The van der Waals surface area contributed by atoms with Crippen molar-refractivity contribution in [2.75, 3.05) is 31.1 Å². The zero-order valence-electron chi connectivity index (χ0n) is 9.45. The van der Waals surface area contributed by atoms with Gasteiger partial charge >= 0.3 is 0 Å². The number of rotatable bonds is 1. The van der Waals surface area contributed by atoms with E-state index in [9.17, 15) is 0 Å². The molecule has 0 spiro atoms. The van der Waals surface area contributed by atoms with Crippen molar-refractivity contribution in [3.63, 3.8) is 0 Å². The summed E-state index contributed by atoms with van der Waals surface area (Å²) in [4.78, 5) is 2.78. The molecule has 0 bridgehead atoms. The van der Waals surface area contributed by atoms with E-state index in [2.05, 4.69) is 22.0 Å². The second-order valence-electron chi connectivity index (χ2n) is 5.29. The van der Waals surface area contributed by atoms with Crippen LogP contribution in [0.5, 0.6) is 0 Å². The largest absolute Gasteiger partial charge is 0.312 e. The van der Waals surface area contributed by atoms with E-state index in [1.54, 1.807) is 0 Å². The van der Waals surface area contributed by atoms with E-state index < -0.39 is 0 Å². The van der Waals surface area contributed by atoms with Crippen LogP contribution < -0.4 is 5.32 Å². The van der Waals surface area contributed by atoms with Crippen LogP contribution in [0.15, 0.2) is 0 Å². The second kappa shape index (κ2) is 4.64. The molecule has 0 amide bonds. The Labute approximate surface area is 97.2 Å². The van der Waals surface area contributed by atoms with Crippen LogP contribution in [0.4, 0.5) is 0 Å². The minimum absolute atomic E-state index is 0.825. The zero-order chi connectivity index (χ0) is 10.1. The van der Waals surface area contributed by atoms with Crippen molar-refractivity contribution in [1.29, 1.82) is 0 Å². The first-order valence-corrected chi connectivity index (χ1v) is 7.64. The Morgan fingerprint density at radius 1 is 1.13 bits per heavy atom. The van der Waals surface area contributed by atoms with Gasteiger partial charge in [-0.15, -0.1) is 0 Å². The van der Waals surface area contributed by atoms with Gasteiger partial charge in [-0.3, -0.25) is 4.90 Å². The maximum atomic E-state index is 3.70. The van der Waals surface area contributed by atoms with E-state index in [4.69, 9.17) is 0 Å². The summed E-state index contributed by atoms with van der Waals surface area (Å²) in [6, 6.07) is 1.72. The third-order valence-corrected chi connectivity index (χ3v) is 5.48. The van der Waals surface area contributed by atoms with Gasteiger partial charge in [0.1, 0.15) is 0 Å². The Kier molecular flexibility index (Phi) is 3.23. The molecule has 1 N–H and O–H groups in total. The van der Waals surface area contributed by atoms with Crippen molar-refractivity contribution < 1.29 is 0 Å². The Bertz CT molecular complexity index is 202. The van der Waals surface area contributed by atoms with Gasteiger partial charge in [-0.1, -0.05) is 0 Å². The van der Waals surface area contributed by atoms with E-state index in [0.717, 1.165) is 18.0 Å².